The minimum absolute atomic E-state index is 0.0227. The lowest BCUT2D eigenvalue weighted by Crippen LogP contribution is -2.19. The highest BCUT2D eigenvalue weighted by Gasteiger charge is 2.33. The molecule has 0 aliphatic carbocycles. The zero-order chi connectivity index (χ0) is 23.4. The van der Waals surface area contributed by atoms with Gasteiger partial charge in [-0.3, -0.25) is 10.4 Å². The Morgan fingerprint density at radius 1 is 1.00 bits per heavy atom. The Balaban J connectivity index is 1.47. The molecule has 0 fully saturated rings. The number of methoxy groups -OCH3 is 1. The minimum Gasteiger partial charge on any atom is -0.497 e. The molecular weight excluding hydrogens is 437 g/mol. The fourth-order valence-corrected chi connectivity index (χ4v) is 3.21. The average molecular weight is 456 g/mol. The molecule has 4 aromatic rings. The van der Waals surface area contributed by atoms with Gasteiger partial charge in [0.15, 0.2) is 5.82 Å². The lowest BCUT2D eigenvalue weighted by Gasteiger charge is -2.13. The molecule has 0 aliphatic rings. The van der Waals surface area contributed by atoms with Gasteiger partial charge in [-0.25, -0.2) is 4.79 Å². The zero-order valence-corrected chi connectivity index (χ0v) is 17.4. The first kappa shape index (κ1) is 22.0. The third-order valence-electron chi connectivity index (χ3n) is 4.83. The number of anilines is 2. The monoisotopic (exact) mass is 456 g/mol. The summed E-state index contributed by atoms with van der Waals surface area (Å²) in [4.78, 5) is 12.4. The molecule has 170 valence electrons. The highest BCUT2D eigenvalue weighted by Crippen LogP contribution is 2.33. The molecule has 1 heterocycles. The molecule has 3 N–H and O–H groups in total. The zero-order valence-electron chi connectivity index (χ0n) is 17.4. The van der Waals surface area contributed by atoms with Gasteiger partial charge in [0.2, 0.25) is 0 Å². The standard InChI is InChI=1S/C23H19F3N4O3/c1-32-16-8-6-15(7-9-16)27-22(31)28-21-18-12-17(10-11-20(18)29-30-21)33-13-14-4-2-3-5-19(14)23(24,25)26/h2-12H,13H2,1H3,(H3,27,28,29,30,31). The predicted octanol–water partition coefficient (Wildman–Crippen LogP) is 5.81. The Kier molecular flexibility index (Phi) is 6.07. The lowest BCUT2D eigenvalue weighted by molar-refractivity contribution is -0.138. The van der Waals surface area contributed by atoms with Crippen LogP contribution in [-0.2, 0) is 12.8 Å². The quantitative estimate of drug-likeness (QED) is 0.342. The van der Waals surface area contributed by atoms with Crippen LogP contribution in [0.25, 0.3) is 10.9 Å². The number of nitrogens with one attached hydrogen (secondary N) is 3. The third-order valence-corrected chi connectivity index (χ3v) is 4.83. The van der Waals surface area contributed by atoms with Crippen molar-refractivity contribution in [3.63, 3.8) is 0 Å². The van der Waals surface area contributed by atoms with Crippen molar-refractivity contribution >= 4 is 28.4 Å². The fourth-order valence-electron chi connectivity index (χ4n) is 3.21. The number of alkyl halides is 3. The van der Waals surface area contributed by atoms with Crippen molar-refractivity contribution in [2.75, 3.05) is 17.7 Å². The van der Waals surface area contributed by atoms with Crippen LogP contribution in [0.1, 0.15) is 11.1 Å². The van der Waals surface area contributed by atoms with E-state index in [9.17, 15) is 18.0 Å². The van der Waals surface area contributed by atoms with Gasteiger partial charge in [-0.05, 0) is 48.5 Å². The van der Waals surface area contributed by atoms with Gasteiger partial charge in [0.25, 0.3) is 0 Å². The summed E-state index contributed by atoms with van der Waals surface area (Å²) in [6.07, 6.45) is -4.47. The molecule has 4 rings (SSSR count). The van der Waals surface area contributed by atoms with Crippen LogP contribution in [0.4, 0.5) is 29.5 Å². The van der Waals surface area contributed by atoms with Crippen LogP contribution in [0, 0.1) is 0 Å². The van der Waals surface area contributed by atoms with Gasteiger partial charge < -0.3 is 14.8 Å². The van der Waals surface area contributed by atoms with E-state index in [1.807, 2.05) is 0 Å². The second-order valence-electron chi connectivity index (χ2n) is 7.03. The number of carbonyl (C=O) groups excluding carboxylic acids is 1. The Bertz CT molecular complexity index is 1270. The number of carbonyl (C=O) groups is 1. The first-order valence-corrected chi connectivity index (χ1v) is 9.81. The van der Waals surface area contributed by atoms with Gasteiger partial charge in [-0.15, -0.1) is 0 Å². The number of nitrogens with zero attached hydrogens (tertiary/aromatic N) is 1. The van der Waals surface area contributed by atoms with E-state index in [-0.39, 0.29) is 18.0 Å². The predicted molar refractivity (Wildman–Crippen MR) is 118 cm³/mol. The van der Waals surface area contributed by atoms with Gasteiger partial charge >= 0.3 is 12.2 Å². The van der Waals surface area contributed by atoms with E-state index in [4.69, 9.17) is 9.47 Å². The topological polar surface area (TPSA) is 88.3 Å². The molecule has 0 spiro atoms. The number of ether oxygens (including phenoxy) is 2. The van der Waals surface area contributed by atoms with E-state index < -0.39 is 17.8 Å². The number of aromatic nitrogens is 2. The molecule has 2 amide bonds. The molecule has 10 heteroatoms. The van der Waals surface area contributed by atoms with Crippen LogP contribution >= 0.6 is 0 Å². The smallest absolute Gasteiger partial charge is 0.416 e. The summed E-state index contributed by atoms with van der Waals surface area (Å²) in [6.45, 7) is -0.264. The van der Waals surface area contributed by atoms with Crippen LogP contribution in [0.3, 0.4) is 0 Å². The molecule has 33 heavy (non-hydrogen) atoms. The van der Waals surface area contributed by atoms with E-state index >= 15 is 0 Å². The number of urea groups is 1. The van der Waals surface area contributed by atoms with Crippen LogP contribution in [0.5, 0.6) is 11.5 Å². The minimum atomic E-state index is -4.47. The largest absolute Gasteiger partial charge is 0.497 e. The van der Waals surface area contributed by atoms with Crippen molar-refractivity contribution in [3.8, 4) is 11.5 Å². The third kappa shape index (κ3) is 5.17. The molecule has 0 saturated heterocycles. The summed E-state index contributed by atoms with van der Waals surface area (Å²) < 4.78 is 50.2. The number of H-pyrrole nitrogens is 1. The maximum absolute atomic E-state index is 13.2. The highest BCUT2D eigenvalue weighted by molar-refractivity contribution is 6.04. The van der Waals surface area contributed by atoms with Crippen LogP contribution < -0.4 is 20.1 Å². The maximum atomic E-state index is 13.2. The van der Waals surface area contributed by atoms with Gasteiger partial charge in [-0.1, -0.05) is 18.2 Å². The van der Waals surface area contributed by atoms with Crippen LogP contribution in [0.2, 0.25) is 0 Å². The number of hydrogen-bond acceptors (Lipinski definition) is 4. The number of hydrogen-bond donors (Lipinski definition) is 3. The second kappa shape index (κ2) is 9.11. The Morgan fingerprint density at radius 2 is 1.73 bits per heavy atom. The number of benzene rings is 3. The molecule has 0 atom stereocenters. The fraction of sp³-hybridized carbons (Fsp3) is 0.130. The Morgan fingerprint density at radius 3 is 2.45 bits per heavy atom. The number of rotatable bonds is 6. The average Bonchev–Trinajstić information content (AvgIpc) is 3.19. The van der Waals surface area contributed by atoms with Gasteiger partial charge in [0.1, 0.15) is 18.1 Å². The lowest BCUT2D eigenvalue weighted by atomic mass is 10.1. The molecular formula is C23H19F3N4O3. The molecule has 0 unspecified atom stereocenters. The summed E-state index contributed by atoms with van der Waals surface area (Å²) in [5, 5.41) is 12.7. The van der Waals surface area contributed by atoms with E-state index in [2.05, 4.69) is 20.8 Å². The molecule has 1 aromatic heterocycles. The normalized spacial score (nSPS) is 11.3. The summed E-state index contributed by atoms with van der Waals surface area (Å²) in [5.41, 5.74) is 0.458. The van der Waals surface area contributed by atoms with Crippen molar-refractivity contribution in [1.82, 2.24) is 10.2 Å². The Labute approximate surface area is 186 Å². The SMILES string of the molecule is COc1ccc(NC(=O)Nc2n[nH]c3ccc(OCc4ccccc4C(F)(F)F)cc23)cc1. The molecule has 0 aliphatic heterocycles. The number of halogens is 3. The number of amides is 2. The first-order chi connectivity index (χ1) is 15.8. The molecule has 7 nitrogen and oxygen atoms in total. The maximum Gasteiger partial charge on any atom is 0.416 e. The highest BCUT2D eigenvalue weighted by atomic mass is 19.4. The molecule has 3 aromatic carbocycles. The van der Waals surface area contributed by atoms with Crippen LogP contribution in [0.15, 0.2) is 66.7 Å². The van der Waals surface area contributed by atoms with E-state index in [0.29, 0.717) is 28.1 Å². The number of fused-ring (bicyclic) bond motifs is 1. The molecule has 0 radical (unpaired) electrons. The first-order valence-electron chi connectivity index (χ1n) is 9.81. The molecule has 0 bridgehead atoms. The Hall–Kier alpha value is -4.21. The number of aromatic amines is 1. The summed E-state index contributed by atoms with van der Waals surface area (Å²) in [5.74, 6) is 1.24. The van der Waals surface area contributed by atoms with Crippen molar-refractivity contribution in [2.45, 2.75) is 12.8 Å². The summed E-state index contributed by atoms with van der Waals surface area (Å²) >= 11 is 0. The van der Waals surface area contributed by atoms with Gasteiger partial charge in [0, 0.05) is 16.6 Å². The van der Waals surface area contributed by atoms with Crippen molar-refractivity contribution in [1.29, 1.82) is 0 Å². The second-order valence-corrected chi connectivity index (χ2v) is 7.03. The van der Waals surface area contributed by atoms with E-state index in [1.165, 1.54) is 18.2 Å². The van der Waals surface area contributed by atoms with Crippen LogP contribution in [-0.4, -0.2) is 23.3 Å². The molecule has 0 saturated carbocycles. The van der Waals surface area contributed by atoms with Crippen molar-refractivity contribution < 1.29 is 27.4 Å². The van der Waals surface area contributed by atoms with Crippen molar-refractivity contribution in [3.05, 3.63) is 77.9 Å². The summed E-state index contributed by atoms with van der Waals surface area (Å²) in [7, 11) is 1.55. The van der Waals surface area contributed by atoms with Gasteiger partial charge in [-0.2, -0.15) is 18.3 Å². The van der Waals surface area contributed by atoms with Gasteiger partial charge in [0.05, 0.1) is 18.2 Å². The van der Waals surface area contributed by atoms with Crippen molar-refractivity contribution in [2.24, 2.45) is 0 Å². The van der Waals surface area contributed by atoms with E-state index in [1.54, 1.807) is 49.6 Å². The van der Waals surface area contributed by atoms with E-state index in [0.717, 1.165) is 6.07 Å². The summed E-state index contributed by atoms with van der Waals surface area (Å²) in [6, 6.07) is 16.4.